The van der Waals surface area contributed by atoms with E-state index in [2.05, 4.69) is 19.9 Å². The quantitative estimate of drug-likeness (QED) is 0.422. The Hall–Kier alpha value is -0.300. The molecule has 0 aliphatic carbocycles. The molecule has 0 heterocycles. The Kier molecular flexibility index (Phi) is 6.61. The molecule has 0 unspecified atom stereocenters. The van der Waals surface area contributed by atoms with Gasteiger partial charge in [0.1, 0.15) is 0 Å². The van der Waals surface area contributed by atoms with Gasteiger partial charge in [-0.2, -0.15) is 0 Å². The van der Waals surface area contributed by atoms with Crippen LogP contribution in [0.5, 0.6) is 0 Å². The third-order valence-electron chi connectivity index (χ3n) is 1.19. The summed E-state index contributed by atoms with van der Waals surface area (Å²) in [6.07, 6.45) is 4.49. The lowest BCUT2D eigenvalue weighted by atomic mass is 10.2. The molecule has 0 aliphatic rings. The van der Waals surface area contributed by atoms with Crippen molar-refractivity contribution in [3.63, 3.8) is 0 Å². The summed E-state index contributed by atoms with van der Waals surface area (Å²) in [4.78, 5) is 0. The minimum Gasteiger partial charge on any atom is -0.376 e. The zero-order valence-electron chi connectivity index (χ0n) is 7.18. The van der Waals surface area contributed by atoms with Gasteiger partial charge in [0.05, 0.1) is 6.61 Å². The molecule has 0 aromatic carbocycles. The topological polar surface area (TPSA) is 9.23 Å². The van der Waals surface area contributed by atoms with Crippen LogP contribution in [0.3, 0.4) is 0 Å². The van der Waals surface area contributed by atoms with Gasteiger partial charge < -0.3 is 4.74 Å². The molecule has 0 atom stereocenters. The normalized spacial score (nSPS) is 9.50. The summed E-state index contributed by atoms with van der Waals surface area (Å²) in [5, 5.41) is 0. The van der Waals surface area contributed by atoms with Gasteiger partial charge in [0.25, 0.3) is 0 Å². The predicted octanol–water partition coefficient (Wildman–Crippen LogP) is 2.93. The summed E-state index contributed by atoms with van der Waals surface area (Å²) < 4.78 is 5.06. The average molecular weight is 141 g/mol. The molecule has 0 saturated heterocycles. The van der Waals surface area contributed by atoms with Crippen LogP contribution >= 0.6 is 0 Å². The van der Waals surface area contributed by atoms with Gasteiger partial charge in [-0.3, -0.25) is 0 Å². The summed E-state index contributed by atoms with van der Waals surface area (Å²) in [5.41, 5.74) is 1.39. The van der Waals surface area contributed by atoms with Crippen molar-refractivity contribution in [2.75, 3.05) is 6.61 Å². The van der Waals surface area contributed by atoms with Crippen molar-refractivity contribution in [3.8, 4) is 0 Å². The van der Waals surface area contributed by atoms with Gasteiger partial charge in [0.15, 0.2) is 0 Å². The van der Waals surface area contributed by atoms with Crippen LogP contribution in [0.15, 0.2) is 11.6 Å². The van der Waals surface area contributed by atoms with Crippen molar-refractivity contribution in [1.82, 2.24) is 0 Å². The summed E-state index contributed by atoms with van der Waals surface area (Å²) in [5.74, 6) is 0. The van der Waals surface area contributed by atoms with E-state index in [-0.39, 0.29) is 0 Å². The van der Waals surface area contributed by atoms with Crippen molar-refractivity contribution >= 4 is 0 Å². The molecule has 0 aliphatic heterocycles. The van der Waals surface area contributed by atoms with Crippen LogP contribution in [0.1, 0.15) is 33.6 Å². The summed E-state index contributed by atoms with van der Waals surface area (Å²) in [6.45, 7) is 8.73. The number of hydrogen-bond donors (Lipinski definition) is 0. The van der Waals surface area contributed by atoms with Gasteiger partial charge in [-0.25, -0.2) is 0 Å². The maximum absolute atomic E-state index is 5.06. The third kappa shape index (κ3) is 7.70. The SMILES string of the molecule is C[CH]OCCCC=C(C)C. The van der Waals surface area contributed by atoms with Crippen LogP contribution in [-0.4, -0.2) is 6.61 Å². The Bertz CT molecular complexity index is 90.9. The number of unbranched alkanes of at least 4 members (excludes halogenated alkanes) is 1. The fourth-order valence-corrected chi connectivity index (χ4v) is 0.675. The first kappa shape index (κ1) is 9.70. The molecule has 0 rings (SSSR count). The van der Waals surface area contributed by atoms with E-state index < -0.39 is 0 Å². The van der Waals surface area contributed by atoms with E-state index >= 15 is 0 Å². The first-order valence-corrected chi connectivity index (χ1v) is 3.80. The predicted molar refractivity (Wildman–Crippen MR) is 44.6 cm³/mol. The van der Waals surface area contributed by atoms with Crippen molar-refractivity contribution in [1.29, 1.82) is 0 Å². The highest BCUT2D eigenvalue weighted by atomic mass is 16.5. The summed E-state index contributed by atoms with van der Waals surface area (Å²) in [6, 6.07) is 0. The number of rotatable bonds is 5. The van der Waals surface area contributed by atoms with Gasteiger partial charge in [-0.05, 0) is 33.6 Å². The van der Waals surface area contributed by atoms with Crippen LogP contribution in [0, 0.1) is 6.61 Å². The van der Waals surface area contributed by atoms with Crippen molar-refractivity contribution in [2.45, 2.75) is 33.6 Å². The molecule has 1 radical (unpaired) electrons. The monoisotopic (exact) mass is 141 g/mol. The molecular formula is C9H17O. The molecule has 0 amide bonds. The average Bonchev–Trinajstić information content (AvgIpc) is 1.87. The van der Waals surface area contributed by atoms with Crippen molar-refractivity contribution in [2.24, 2.45) is 0 Å². The van der Waals surface area contributed by atoms with E-state index in [0.29, 0.717) is 0 Å². The molecule has 0 saturated carbocycles. The Morgan fingerprint density at radius 3 is 2.60 bits per heavy atom. The van der Waals surface area contributed by atoms with Crippen molar-refractivity contribution in [3.05, 3.63) is 18.3 Å². The third-order valence-corrected chi connectivity index (χ3v) is 1.19. The smallest absolute Gasteiger partial charge is 0.0805 e. The van der Waals surface area contributed by atoms with E-state index in [0.717, 1.165) is 19.4 Å². The molecular weight excluding hydrogens is 124 g/mol. The molecule has 1 heteroatoms. The summed E-state index contributed by atoms with van der Waals surface area (Å²) >= 11 is 0. The van der Waals surface area contributed by atoms with E-state index in [1.54, 1.807) is 6.61 Å². The Balaban J connectivity index is 2.98. The fraction of sp³-hybridized carbons (Fsp3) is 0.667. The standard InChI is InChI=1S/C9H17O/c1-4-10-8-6-5-7-9(2)3/h4,7H,5-6,8H2,1-3H3. The zero-order chi connectivity index (χ0) is 7.82. The number of ether oxygens (including phenoxy) is 1. The van der Waals surface area contributed by atoms with Gasteiger partial charge in [0, 0.05) is 6.61 Å². The van der Waals surface area contributed by atoms with Gasteiger partial charge in [-0.1, -0.05) is 11.6 Å². The fourth-order valence-electron chi connectivity index (χ4n) is 0.675. The van der Waals surface area contributed by atoms with Crippen LogP contribution < -0.4 is 0 Å². The lowest BCUT2D eigenvalue weighted by Crippen LogP contribution is -1.87. The highest BCUT2D eigenvalue weighted by Gasteiger charge is 1.83. The van der Waals surface area contributed by atoms with Gasteiger partial charge in [0.2, 0.25) is 0 Å². The molecule has 0 spiro atoms. The second-order valence-corrected chi connectivity index (χ2v) is 2.53. The van der Waals surface area contributed by atoms with Crippen molar-refractivity contribution < 1.29 is 4.74 Å². The van der Waals surface area contributed by atoms with E-state index in [4.69, 9.17) is 4.74 Å². The maximum atomic E-state index is 5.06. The molecule has 59 valence electrons. The van der Waals surface area contributed by atoms with Gasteiger partial charge >= 0.3 is 0 Å². The molecule has 0 bridgehead atoms. The summed E-state index contributed by atoms with van der Waals surface area (Å²) in [7, 11) is 0. The molecule has 1 nitrogen and oxygen atoms in total. The minimum absolute atomic E-state index is 0.848. The minimum atomic E-state index is 0.848. The van der Waals surface area contributed by atoms with Crippen LogP contribution in [-0.2, 0) is 4.74 Å². The first-order chi connectivity index (χ1) is 4.77. The highest BCUT2D eigenvalue weighted by molar-refractivity contribution is 4.92. The second kappa shape index (κ2) is 6.81. The Morgan fingerprint density at radius 2 is 2.10 bits per heavy atom. The number of allylic oxidation sites excluding steroid dienone is 2. The maximum Gasteiger partial charge on any atom is 0.0805 e. The largest absolute Gasteiger partial charge is 0.376 e. The molecule has 0 fully saturated rings. The lowest BCUT2D eigenvalue weighted by Gasteiger charge is -1.96. The highest BCUT2D eigenvalue weighted by Crippen LogP contribution is 1.97. The van der Waals surface area contributed by atoms with E-state index in [1.165, 1.54) is 5.57 Å². The van der Waals surface area contributed by atoms with Crippen LogP contribution in [0.4, 0.5) is 0 Å². The zero-order valence-corrected chi connectivity index (χ0v) is 7.18. The molecule has 0 aromatic rings. The van der Waals surface area contributed by atoms with Crippen LogP contribution in [0.2, 0.25) is 0 Å². The van der Waals surface area contributed by atoms with E-state index in [1.807, 2.05) is 6.92 Å². The molecule has 0 aromatic heterocycles. The van der Waals surface area contributed by atoms with Gasteiger partial charge in [-0.15, -0.1) is 0 Å². The second-order valence-electron chi connectivity index (χ2n) is 2.53. The first-order valence-electron chi connectivity index (χ1n) is 3.80. The van der Waals surface area contributed by atoms with E-state index in [9.17, 15) is 0 Å². The van der Waals surface area contributed by atoms with Crippen LogP contribution in [0.25, 0.3) is 0 Å². The Labute approximate surface area is 64.1 Å². The molecule has 0 N–H and O–H groups in total. The molecule has 10 heavy (non-hydrogen) atoms. The number of hydrogen-bond acceptors (Lipinski definition) is 1. The Morgan fingerprint density at radius 1 is 1.40 bits per heavy atom. The lowest BCUT2D eigenvalue weighted by molar-refractivity contribution is 0.201.